The Bertz CT molecular complexity index is 1480. The third-order valence-corrected chi connectivity index (χ3v) is 8.74. The van der Waals surface area contributed by atoms with Gasteiger partial charge in [0.2, 0.25) is 0 Å². The lowest BCUT2D eigenvalue weighted by atomic mass is 9.86. The van der Waals surface area contributed by atoms with Crippen molar-refractivity contribution in [2.24, 2.45) is 0 Å². The first-order valence-corrected chi connectivity index (χ1v) is 14.3. The summed E-state index contributed by atoms with van der Waals surface area (Å²) in [7, 11) is 0. The van der Waals surface area contributed by atoms with Gasteiger partial charge in [0.1, 0.15) is 11.5 Å². The number of hydrogen-bond acceptors (Lipinski definition) is 6. The number of ether oxygens (including phenoxy) is 1. The highest BCUT2D eigenvalue weighted by Gasteiger charge is 2.22. The number of nitrogens with one attached hydrogen (secondary N) is 1. The Morgan fingerprint density at radius 1 is 1.08 bits per heavy atom. The predicted octanol–water partition coefficient (Wildman–Crippen LogP) is 6.97. The van der Waals surface area contributed by atoms with Crippen LogP contribution in [-0.2, 0) is 16.5 Å². The van der Waals surface area contributed by atoms with Crippen molar-refractivity contribution in [3.05, 3.63) is 82.2 Å². The Labute approximate surface area is 227 Å². The van der Waals surface area contributed by atoms with E-state index >= 15 is 0 Å². The van der Waals surface area contributed by atoms with E-state index in [9.17, 15) is 13.6 Å². The van der Waals surface area contributed by atoms with Crippen molar-refractivity contribution in [3.63, 3.8) is 0 Å². The van der Waals surface area contributed by atoms with Crippen molar-refractivity contribution in [2.75, 3.05) is 29.1 Å². The fourth-order valence-corrected chi connectivity index (χ4v) is 6.08. The summed E-state index contributed by atoms with van der Waals surface area (Å²) in [5, 5.41) is 4.58. The first kappa shape index (κ1) is 25.7. The van der Waals surface area contributed by atoms with Gasteiger partial charge in [-0.15, -0.1) is 11.3 Å². The molecule has 3 aromatic carbocycles. The summed E-state index contributed by atoms with van der Waals surface area (Å²) in [5.41, 5.74) is 2.03. The molecule has 0 spiro atoms. The zero-order valence-corrected chi connectivity index (χ0v) is 22.8. The van der Waals surface area contributed by atoms with Crippen LogP contribution in [0.3, 0.4) is 0 Å². The number of thiophene rings is 1. The number of halogens is 1. The average Bonchev–Trinajstić information content (AvgIpc) is 3.22. The molecule has 1 saturated heterocycles. The molecule has 1 amide bonds. The first-order valence-electron chi connectivity index (χ1n) is 11.9. The molecule has 1 fully saturated rings. The summed E-state index contributed by atoms with van der Waals surface area (Å²) in [5.74, 6) is 1.11. The molecule has 1 unspecified atom stereocenters. The van der Waals surface area contributed by atoms with Gasteiger partial charge in [-0.25, -0.2) is 0 Å². The summed E-state index contributed by atoms with van der Waals surface area (Å²) in [6.07, 6.45) is 1.13. The number of benzene rings is 3. The summed E-state index contributed by atoms with van der Waals surface area (Å²) in [6.45, 7) is 5.73. The molecule has 37 heavy (non-hydrogen) atoms. The van der Waals surface area contributed by atoms with Gasteiger partial charge < -0.3 is 19.5 Å². The fourth-order valence-electron chi connectivity index (χ4n) is 4.26. The normalized spacial score (nSPS) is 14.3. The van der Waals surface area contributed by atoms with Gasteiger partial charge in [0, 0.05) is 57.5 Å². The minimum atomic E-state index is -2.14. The van der Waals surface area contributed by atoms with E-state index in [0.717, 1.165) is 40.8 Å². The van der Waals surface area contributed by atoms with Gasteiger partial charge in [-0.1, -0.05) is 42.6 Å². The van der Waals surface area contributed by atoms with Gasteiger partial charge in [0.15, 0.2) is 0 Å². The molecule has 192 valence electrons. The lowest BCUT2D eigenvalue weighted by molar-refractivity contribution is 0.103. The smallest absolute Gasteiger partial charge is 0.265 e. The molecule has 1 aromatic heterocycles. The van der Waals surface area contributed by atoms with E-state index in [0.29, 0.717) is 27.1 Å². The number of anilines is 2. The number of carbonyl (C=O) groups excluding carboxylic acids is 1. The number of carbonyl (C=O) groups is 1. The van der Waals surface area contributed by atoms with Crippen molar-refractivity contribution in [1.29, 1.82) is 0 Å². The van der Waals surface area contributed by atoms with Crippen LogP contribution in [0.15, 0.2) is 66.7 Å². The van der Waals surface area contributed by atoms with Gasteiger partial charge in [-0.2, -0.15) is 0 Å². The lowest BCUT2D eigenvalue weighted by Gasteiger charge is -2.33. The molecule has 4 aromatic rings. The third kappa shape index (κ3) is 5.99. The van der Waals surface area contributed by atoms with Crippen LogP contribution in [0.4, 0.5) is 11.4 Å². The van der Waals surface area contributed by atoms with Gasteiger partial charge in [-0.05, 0) is 65.9 Å². The molecule has 1 aliphatic rings. The van der Waals surface area contributed by atoms with E-state index in [1.54, 1.807) is 24.3 Å². The minimum absolute atomic E-state index is 0.0315. The Morgan fingerprint density at radius 3 is 2.51 bits per heavy atom. The van der Waals surface area contributed by atoms with Crippen molar-refractivity contribution < 1.29 is 18.3 Å². The van der Waals surface area contributed by atoms with E-state index in [4.69, 9.17) is 16.3 Å². The van der Waals surface area contributed by atoms with Gasteiger partial charge >= 0.3 is 0 Å². The summed E-state index contributed by atoms with van der Waals surface area (Å²) in [6, 6.07) is 20.6. The predicted molar refractivity (Wildman–Crippen MR) is 151 cm³/mol. The minimum Gasteiger partial charge on any atom is -0.772 e. The van der Waals surface area contributed by atoms with Crippen LogP contribution in [0.2, 0.25) is 5.02 Å². The van der Waals surface area contributed by atoms with E-state index in [-0.39, 0.29) is 11.7 Å². The third-order valence-electron chi connectivity index (χ3n) is 6.42. The SMILES string of the molecule is CC(C)(CS(=O)[O-])c1ccc2sc(C(=O)Nc3cc(Oc4ccc(Cl)cc4)cc(N4CCC4)c3)cc2c1. The van der Waals surface area contributed by atoms with Crippen LogP contribution in [-0.4, -0.2) is 33.5 Å². The Morgan fingerprint density at radius 2 is 1.84 bits per heavy atom. The molecule has 0 aliphatic carbocycles. The Kier molecular flexibility index (Phi) is 7.27. The molecular weight excluding hydrogens is 528 g/mol. The highest BCUT2D eigenvalue weighted by molar-refractivity contribution is 7.79. The van der Waals surface area contributed by atoms with E-state index in [2.05, 4.69) is 10.2 Å². The second-order valence-electron chi connectivity index (χ2n) is 9.76. The van der Waals surface area contributed by atoms with Crippen LogP contribution in [0, 0.1) is 0 Å². The summed E-state index contributed by atoms with van der Waals surface area (Å²) in [4.78, 5) is 16.0. The number of amides is 1. The second kappa shape index (κ2) is 10.5. The molecule has 6 nitrogen and oxygen atoms in total. The molecule has 1 aliphatic heterocycles. The molecule has 1 atom stereocenters. The first-order chi connectivity index (χ1) is 17.7. The number of hydrogen-bond donors (Lipinski definition) is 1. The molecule has 0 bridgehead atoms. The second-order valence-corrected chi connectivity index (χ2v) is 12.2. The standard InChI is InChI=1S/C28H27ClN2O4S2/c1-28(2,17-37(33)34)19-4-9-25-18(12-19)13-26(36-25)27(32)30-21-14-22(31-10-3-11-31)16-24(15-21)35-23-7-5-20(29)6-8-23/h4-9,12-16H,3,10-11,17H2,1-2H3,(H,30,32)(H,33,34)/p-1. The quantitative estimate of drug-likeness (QED) is 0.238. The van der Waals surface area contributed by atoms with Crippen molar-refractivity contribution in [1.82, 2.24) is 0 Å². The molecular formula is C28H26ClN2O4S2-. The number of rotatable bonds is 8. The van der Waals surface area contributed by atoms with Crippen LogP contribution < -0.4 is 15.0 Å². The fraction of sp³-hybridized carbons (Fsp3) is 0.250. The Hall–Kier alpha value is -2.91. The highest BCUT2D eigenvalue weighted by Crippen LogP contribution is 2.35. The topological polar surface area (TPSA) is 81.7 Å². The zero-order chi connectivity index (χ0) is 26.2. The molecule has 9 heteroatoms. The van der Waals surface area contributed by atoms with Crippen LogP contribution >= 0.6 is 22.9 Å². The van der Waals surface area contributed by atoms with Gasteiger partial charge in [0.05, 0.1) is 4.88 Å². The van der Waals surface area contributed by atoms with Crippen LogP contribution in [0.25, 0.3) is 10.1 Å². The maximum Gasteiger partial charge on any atom is 0.265 e. The van der Waals surface area contributed by atoms with Gasteiger partial charge in [0.25, 0.3) is 5.91 Å². The Balaban J connectivity index is 1.39. The molecule has 0 saturated carbocycles. The number of fused-ring (bicyclic) bond motifs is 1. The van der Waals surface area contributed by atoms with Crippen molar-refractivity contribution >= 4 is 61.4 Å². The largest absolute Gasteiger partial charge is 0.772 e. The maximum atomic E-state index is 13.2. The van der Waals surface area contributed by atoms with Crippen LogP contribution in [0.5, 0.6) is 11.5 Å². The van der Waals surface area contributed by atoms with Crippen molar-refractivity contribution in [3.8, 4) is 11.5 Å². The van der Waals surface area contributed by atoms with Crippen LogP contribution in [0.1, 0.15) is 35.5 Å². The molecule has 2 heterocycles. The highest BCUT2D eigenvalue weighted by atomic mass is 35.5. The average molecular weight is 554 g/mol. The van der Waals surface area contributed by atoms with E-state index in [1.165, 1.54) is 11.3 Å². The summed E-state index contributed by atoms with van der Waals surface area (Å²) < 4.78 is 29.6. The monoisotopic (exact) mass is 553 g/mol. The van der Waals surface area contributed by atoms with Crippen molar-refractivity contribution in [2.45, 2.75) is 25.7 Å². The molecule has 5 rings (SSSR count). The molecule has 0 radical (unpaired) electrons. The van der Waals surface area contributed by atoms with E-state index < -0.39 is 16.5 Å². The van der Waals surface area contributed by atoms with E-state index in [1.807, 2.05) is 56.3 Å². The lowest BCUT2D eigenvalue weighted by Crippen LogP contribution is -2.37. The maximum absolute atomic E-state index is 13.2. The number of nitrogens with zero attached hydrogens (tertiary/aromatic N) is 1. The zero-order valence-electron chi connectivity index (χ0n) is 20.5. The van der Waals surface area contributed by atoms with Gasteiger partial charge in [-0.3, -0.25) is 9.00 Å². The molecule has 1 N–H and O–H groups in total. The summed E-state index contributed by atoms with van der Waals surface area (Å²) >= 11 is 5.26.